The Balaban J connectivity index is 2.39. The van der Waals surface area contributed by atoms with E-state index >= 15 is 0 Å². The lowest BCUT2D eigenvalue weighted by Crippen LogP contribution is -2.34. The number of hydrogen-bond acceptors (Lipinski definition) is 0. The molecule has 0 N–H and O–H groups in total. The fourth-order valence-corrected chi connectivity index (χ4v) is 3.43. The molecule has 0 aromatic heterocycles. The van der Waals surface area contributed by atoms with Gasteiger partial charge in [0, 0.05) is 0 Å². The Labute approximate surface area is 60.0 Å². The zero-order valence-electron chi connectivity index (χ0n) is 5.67. The van der Waals surface area contributed by atoms with Crippen LogP contribution in [0.2, 0.25) is 12.1 Å². The second-order valence-electron chi connectivity index (χ2n) is 2.66. The van der Waals surface area contributed by atoms with Gasteiger partial charge in [0.15, 0.2) is 8.80 Å². The van der Waals surface area contributed by atoms with Gasteiger partial charge in [0.25, 0.3) is 0 Å². The molecular formula is C6H10F3Si. The Morgan fingerprint density at radius 3 is 1.70 bits per heavy atom. The van der Waals surface area contributed by atoms with Crippen LogP contribution in [0, 0.1) is 0 Å². The Morgan fingerprint density at radius 2 is 1.40 bits per heavy atom. The zero-order valence-corrected chi connectivity index (χ0v) is 6.67. The molecular weight excluding hydrogens is 157 g/mol. The van der Waals surface area contributed by atoms with E-state index in [1.54, 1.807) is 0 Å². The molecule has 0 amide bonds. The van der Waals surface area contributed by atoms with Crippen LogP contribution < -0.4 is 0 Å². The van der Waals surface area contributed by atoms with Gasteiger partial charge in [-0.2, -0.15) is 13.2 Å². The van der Waals surface area contributed by atoms with E-state index in [9.17, 15) is 13.2 Å². The molecule has 59 valence electrons. The number of alkyl halides is 3. The fourth-order valence-electron chi connectivity index (χ4n) is 1.26. The minimum atomic E-state index is -3.83. The third kappa shape index (κ3) is 2.00. The van der Waals surface area contributed by atoms with Gasteiger partial charge in [-0.05, 0) is 0 Å². The predicted molar refractivity (Wildman–Crippen MR) is 35.3 cm³/mol. The van der Waals surface area contributed by atoms with E-state index in [0.717, 1.165) is 19.3 Å². The van der Waals surface area contributed by atoms with Gasteiger partial charge >= 0.3 is 5.80 Å². The van der Waals surface area contributed by atoms with Gasteiger partial charge in [-0.1, -0.05) is 31.4 Å². The Kier molecular flexibility index (Phi) is 2.39. The van der Waals surface area contributed by atoms with Crippen LogP contribution in [-0.4, -0.2) is 14.6 Å². The van der Waals surface area contributed by atoms with Crippen LogP contribution in [0.5, 0.6) is 0 Å². The summed E-state index contributed by atoms with van der Waals surface area (Å²) in [6.45, 7) is 0. The van der Waals surface area contributed by atoms with E-state index in [-0.39, 0.29) is 0 Å². The zero-order chi connectivity index (χ0) is 7.61. The highest BCUT2D eigenvalue weighted by Gasteiger charge is 2.41. The summed E-state index contributed by atoms with van der Waals surface area (Å²) in [6, 6.07) is 0.905. The molecule has 0 spiro atoms. The topological polar surface area (TPSA) is 0 Å². The Hall–Kier alpha value is 0.00688. The predicted octanol–water partition coefficient (Wildman–Crippen LogP) is 2.77. The molecule has 1 aliphatic rings. The van der Waals surface area contributed by atoms with Crippen molar-refractivity contribution in [3.05, 3.63) is 0 Å². The molecule has 0 unspecified atom stereocenters. The first-order valence-corrected chi connectivity index (χ1v) is 5.44. The molecule has 1 rings (SSSR count). The monoisotopic (exact) mass is 167 g/mol. The molecule has 10 heavy (non-hydrogen) atoms. The lowest BCUT2D eigenvalue weighted by atomic mass is 10.3. The summed E-state index contributed by atoms with van der Waals surface area (Å²) in [5.41, 5.74) is 0. The van der Waals surface area contributed by atoms with Crippen LogP contribution in [0.15, 0.2) is 0 Å². The summed E-state index contributed by atoms with van der Waals surface area (Å²) in [5.74, 6) is -3.83. The summed E-state index contributed by atoms with van der Waals surface area (Å²) in [4.78, 5) is 0. The number of rotatable bonds is 0. The van der Waals surface area contributed by atoms with E-state index in [1.165, 1.54) is 0 Å². The van der Waals surface area contributed by atoms with Gasteiger partial charge in [0.1, 0.15) is 0 Å². The van der Waals surface area contributed by atoms with E-state index in [4.69, 9.17) is 0 Å². The highest BCUT2D eigenvalue weighted by molar-refractivity contribution is 6.61. The lowest BCUT2D eigenvalue weighted by molar-refractivity contribution is -0.0528. The first-order chi connectivity index (χ1) is 4.61. The van der Waals surface area contributed by atoms with E-state index < -0.39 is 14.6 Å². The summed E-state index contributed by atoms with van der Waals surface area (Å²) in [5, 5.41) is 0. The highest BCUT2D eigenvalue weighted by Crippen LogP contribution is 2.30. The lowest BCUT2D eigenvalue weighted by Gasteiger charge is -2.21. The van der Waals surface area contributed by atoms with Gasteiger partial charge < -0.3 is 0 Å². The van der Waals surface area contributed by atoms with Gasteiger partial charge in [-0.25, -0.2) is 0 Å². The van der Waals surface area contributed by atoms with Crippen LogP contribution in [0.4, 0.5) is 13.2 Å². The summed E-state index contributed by atoms with van der Waals surface area (Å²) in [7, 11) is -1.96. The van der Waals surface area contributed by atoms with Gasteiger partial charge in [0.2, 0.25) is 0 Å². The van der Waals surface area contributed by atoms with E-state index in [0.29, 0.717) is 12.1 Å². The highest BCUT2D eigenvalue weighted by atomic mass is 28.3. The third-order valence-corrected chi connectivity index (χ3v) is 4.57. The minimum absolute atomic E-state index is 0.453. The summed E-state index contributed by atoms with van der Waals surface area (Å²) < 4.78 is 36.0. The van der Waals surface area contributed by atoms with E-state index in [2.05, 4.69) is 0 Å². The van der Waals surface area contributed by atoms with Crippen molar-refractivity contribution in [2.75, 3.05) is 0 Å². The molecule has 0 aromatic rings. The maximum atomic E-state index is 12.0. The molecule has 0 saturated carbocycles. The van der Waals surface area contributed by atoms with E-state index in [1.807, 2.05) is 0 Å². The number of hydrogen-bond donors (Lipinski definition) is 0. The molecule has 1 radical (unpaired) electrons. The third-order valence-electron chi connectivity index (χ3n) is 1.86. The van der Waals surface area contributed by atoms with Crippen LogP contribution in [0.1, 0.15) is 19.3 Å². The molecule has 1 aliphatic heterocycles. The van der Waals surface area contributed by atoms with Gasteiger partial charge in [-0.3, -0.25) is 0 Å². The van der Waals surface area contributed by atoms with Gasteiger partial charge in [-0.15, -0.1) is 0 Å². The minimum Gasteiger partial charge on any atom is -0.177 e. The van der Waals surface area contributed by atoms with Crippen molar-refractivity contribution in [2.24, 2.45) is 0 Å². The summed E-state index contributed by atoms with van der Waals surface area (Å²) in [6.07, 6.45) is 2.60. The second kappa shape index (κ2) is 2.94. The molecule has 0 nitrogen and oxygen atoms in total. The standard InChI is InChI=1S/C6H10F3Si/c7-6(8,9)10-4-2-1-3-5-10/h1-5H2. The van der Waals surface area contributed by atoms with Crippen LogP contribution in [0.3, 0.4) is 0 Å². The first kappa shape index (κ1) is 8.11. The Morgan fingerprint density at radius 1 is 0.900 bits per heavy atom. The van der Waals surface area contributed by atoms with Crippen molar-refractivity contribution in [2.45, 2.75) is 37.2 Å². The van der Waals surface area contributed by atoms with Crippen molar-refractivity contribution < 1.29 is 13.2 Å². The van der Waals surface area contributed by atoms with Crippen molar-refractivity contribution in [1.29, 1.82) is 0 Å². The maximum absolute atomic E-state index is 12.0. The van der Waals surface area contributed by atoms with Gasteiger partial charge in [0.05, 0.1) is 0 Å². The molecule has 0 aromatic carbocycles. The molecule has 0 atom stereocenters. The normalized spacial score (nSPS) is 23.1. The molecule has 1 saturated heterocycles. The van der Waals surface area contributed by atoms with Crippen molar-refractivity contribution in [3.63, 3.8) is 0 Å². The second-order valence-corrected chi connectivity index (χ2v) is 5.44. The largest absolute Gasteiger partial charge is 0.359 e. The van der Waals surface area contributed by atoms with Crippen molar-refractivity contribution >= 4 is 8.80 Å². The van der Waals surface area contributed by atoms with Crippen LogP contribution in [0.25, 0.3) is 0 Å². The molecule has 0 bridgehead atoms. The van der Waals surface area contributed by atoms with Crippen molar-refractivity contribution in [1.82, 2.24) is 0 Å². The molecule has 1 fully saturated rings. The average Bonchev–Trinajstić information content (AvgIpc) is 1.88. The van der Waals surface area contributed by atoms with Crippen molar-refractivity contribution in [3.8, 4) is 0 Å². The molecule has 0 aliphatic carbocycles. The first-order valence-electron chi connectivity index (χ1n) is 3.52. The quantitative estimate of drug-likeness (QED) is 0.487. The smallest absolute Gasteiger partial charge is 0.177 e. The summed E-state index contributed by atoms with van der Waals surface area (Å²) >= 11 is 0. The fraction of sp³-hybridized carbons (Fsp3) is 1.00. The average molecular weight is 167 g/mol. The SMILES string of the molecule is FC(F)(F)[Si]1CCCCC1. The molecule has 4 heteroatoms. The van der Waals surface area contributed by atoms with Crippen LogP contribution >= 0.6 is 0 Å². The maximum Gasteiger partial charge on any atom is 0.359 e. The number of halogens is 3. The molecule has 1 heterocycles. The van der Waals surface area contributed by atoms with Crippen LogP contribution in [-0.2, 0) is 0 Å². The Bertz CT molecular complexity index is 104.